The number of rotatable bonds is 10. The maximum atomic E-state index is 14.1. The van der Waals surface area contributed by atoms with Gasteiger partial charge in [0.15, 0.2) is 34.6 Å². The molecule has 0 bridgehead atoms. The van der Waals surface area contributed by atoms with Crippen LogP contribution in [0.4, 0.5) is 10.1 Å². The standard InChI is InChI=1S/C25H26FNO8S/c1-31-21-9-8-17(13-18(21)26)36(29,30)27-19-14-22(32-2)20(28)12-16(19)7-6-15-10-23(33-3)25(35-5)24(11-15)34-4/h6-14,27-28H,1-5H3/b7-6-. The van der Waals surface area contributed by atoms with Crippen molar-refractivity contribution in [3.8, 4) is 34.5 Å². The molecule has 3 aromatic rings. The zero-order chi connectivity index (χ0) is 26.5. The molecule has 0 heterocycles. The molecule has 3 aromatic carbocycles. The van der Waals surface area contributed by atoms with Gasteiger partial charge < -0.3 is 28.8 Å². The van der Waals surface area contributed by atoms with Crippen LogP contribution in [0.1, 0.15) is 11.1 Å². The smallest absolute Gasteiger partial charge is 0.262 e. The van der Waals surface area contributed by atoms with E-state index in [4.69, 9.17) is 23.7 Å². The quantitative estimate of drug-likeness (QED) is 0.297. The lowest BCUT2D eigenvalue weighted by Crippen LogP contribution is -2.14. The summed E-state index contributed by atoms with van der Waals surface area (Å²) in [6.45, 7) is 0. The number of phenolic OH excluding ortho intramolecular Hbond substituents is 1. The monoisotopic (exact) mass is 519 g/mol. The van der Waals surface area contributed by atoms with Gasteiger partial charge in [-0.25, -0.2) is 12.8 Å². The largest absolute Gasteiger partial charge is 0.504 e. The third-order valence-corrected chi connectivity index (χ3v) is 6.53. The normalized spacial score (nSPS) is 11.3. The summed E-state index contributed by atoms with van der Waals surface area (Å²) in [6, 6.07) is 9.34. The number of hydrogen-bond acceptors (Lipinski definition) is 8. The predicted molar refractivity (Wildman–Crippen MR) is 133 cm³/mol. The minimum Gasteiger partial charge on any atom is -0.504 e. The van der Waals surface area contributed by atoms with E-state index in [9.17, 15) is 17.9 Å². The first kappa shape index (κ1) is 26.5. The molecule has 192 valence electrons. The molecule has 0 saturated carbocycles. The second-order valence-corrected chi connectivity index (χ2v) is 8.99. The first-order chi connectivity index (χ1) is 17.2. The van der Waals surface area contributed by atoms with Gasteiger partial charge in [0, 0.05) is 11.6 Å². The van der Waals surface area contributed by atoms with Gasteiger partial charge in [-0.05, 0) is 42.0 Å². The van der Waals surface area contributed by atoms with Gasteiger partial charge in [0.25, 0.3) is 10.0 Å². The van der Waals surface area contributed by atoms with Crippen LogP contribution in [-0.4, -0.2) is 49.1 Å². The number of benzene rings is 3. The Labute approximate surface area is 208 Å². The molecule has 0 aliphatic heterocycles. The zero-order valence-corrected chi connectivity index (χ0v) is 21.1. The van der Waals surface area contributed by atoms with Crippen LogP contribution in [-0.2, 0) is 10.0 Å². The maximum absolute atomic E-state index is 14.1. The molecular formula is C25H26FNO8S. The van der Waals surface area contributed by atoms with Crippen molar-refractivity contribution >= 4 is 27.9 Å². The Kier molecular flexibility index (Phi) is 8.15. The molecule has 36 heavy (non-hydrogen) atoms. The van der Waals surface area contributed by atoms with Crippen molar-refractivity contribution in [3.05, 3.63) is 59.4 Å². The number of halogens is 1. The van der Waals surface area contributed by atoms with Crippen LogP contribution in [0.5, 0.6) is 34.5 Å². The highest BCUT2D eigenvalue weighted by atomic mass is 32.2. The fourth-order valence-corrected chi connectivity index (χ4v) is 4.47. The number of methoxy groups -OCH3 is 5. The lowest BCUT2D eigenvalue weighted by atomic mass is 10.1. The summed E-state index contributed by atoms with van der Waals surface area (Å²) in [6.07, 6.45) is 3.24. The third kappa shape index (κ3) is 5.57. The van der Waals surface area contributed by atoms with E-state index >= 15 is 0 Å². The first-order valence-electron chi connectivity index (χ1n) is 10.4. The summed E-state index contributed by atoms with van der Waals surface area (Å²) in [4.78, 5) is -0.313. The van der Waals surface area contributed by atoms with Gasteiger partial charge in [0.1, 0.15) is 0 Å². The Balaban J connectivity index is 2.05. The number of phenols is 1. The molecule has 0 fully saturated rings. The highest BCUT2D eigenvalue weighted by Crippen LogP contribution is 2.39. The molecule has 0 aliphatic rings. The van der Waals surface area contributed by atoms with Crippen molar-refractivity contribution < 1.29 is 41.6 Å². The van der Waals surface area contributed by atoms with Crippen LogP contribution >= 0.6 is 0 Å². The minimum atomic E-state index is -4.21. The molecule has 11 heteroatoms. The van der Waals surface area contributed by atoms with Crippen molar-refractivity contribution in [3.63, 3.8) is 0 Å². The van der Waals surface area contributed by atoms with Gasteiger partial charge in [0.05, 0.1) is 46.1 Å². The van der Waals surface area contributed by atoms with E-state index < -0.39 is 15.8 Å². The minimum absolute atomic E-state index is 0.0403. The van der Waals surface area contributed by atoms with Crippen molar-refractivity contribution in [2.45, 2.75) is 4.90 Å². The van der Waals surface area contributed by atoms with E-state index in [2.05, 4.69) is 4.72 Å². The van der Waals surface area contributed by atoms with Gasteiger partial charge in [-0.1, -0.05) is 12.2 Å². The van der Waals surface area contributed by atoms with E-state index in [1.165, 1.54) is 59.8 Å². The van der Waals surface area contributed by atoms with Crippen LogP contribution < -0.4 is 28.4 Å². The van der Waals surface area contributed by atoms with Gasteiger partial charge in [-0.3, -0.25) is 4.72 Å². The number of hydrogen-bond donors (Lipinski definition) is 2. The molecule has 0 radical (unpaired) electrons. The van der Waals surface area contributed by atoms with E-state index in [-0.39, 0.29) is 27.8 Å². The topological polar surface area (TPSA) is 113 Å². The van der Waals surface area contributed by atoms with Gasteiger partial charge in [-0.2, -0.15) is 0 Å². The van der Waals surface area contributed by atoms with E-state index in [1.807, 2.05) is 0 Å². The molecule has 0 saturated heterocycles. The first-order valence-corrected chi connectivity index (χ1v) is 11.9. The average Bonchev–Trinajstić information content (AvgIpc) is 2.87. The summed E-state index contributed by atoms with van der Waals surface area (Å²) < 4.78 is 68.6. The molecule has 0 amide bonds. The lowest BCUT2D eigenvalue weighted by Gasteiger charge is -2.15. The lowest BCUT2D eigenvalue weighted by molar-refractivity contribution is 0.324. The highest BCUT2D eigenvalue weighted by Gasteiger charge is 2.20. The van der Waals surface area contributed by atoms with Crippen LogP contribution in [0.3, 0.4) is 0 Å². The summed E-state index contributed by atoms with van der Waals surface area (Å²) in [5.74, 6) is 0.187. The summed E-state index contributed by atoms with van der Waals surface area (Å²) in [7, 11) is 2.87. The average molecular weight is 520 g/mol. The summed E-state index contributed by atoms with van der Waals surface area (Å²) in [5, 5.41) is 10.3. The molecule has 0 spiro atoms. The van der Waals surface area contributed by atoms with Gasteiger partial charge in [0.2, 0.25) is 5.75 Å². The second kappa shape index (κ2) is 11.1. The second-order valence-electron chi connectivity index (χ2n) is 7.31. The molecule has 2 N–H and O–H groups in total. The molecular weight excluding hydrogens is 493 g/mol. The van der Waals surface area contributed by atoms with Crippen LogP contribution in [0.2, 0.25) is 0 Å². The van der Waals surface area contributed by atoms with E-state index in [1.54, 1.807) is 24.3 Å². The van der Waals surface area contributed by atoms with Crippen molar-refractivity contribution in [2.75, 3.05) is 40.3 Å². The van der Waals surface area contributed by atoms with Gasteiger partial charge >= 0.3 is 0 Å². The molecule has 3 rings (SSSR count). The highest BCUT2D eigenvalue weighted by molar-refractivity contribution is 7.92. The van der Waals surface area contributed by atoms with Crippen LogP contribution in [0.25, 0.3) is 12.2 Å². The Bertz CT molecular complexity index is 1360. The molecule has 9 nitrogen and oxygen atoms in total. The Hall–Kier alpha value is -4.12. The van der Waals surface area contributed by atoms with Crippen molar-refractivity contribution in [2.24, 2.45) is 0 Å². The molecule has 0 unspecified atom stereocenters. The fourth-order valence-electron chi connectivity index (χ4n) is 3.38. The SMILES string of the molecule is COc1cc(NS(=O)(=O)c2ccc(OC)c(F)c2)c(/C=C\c2cc(OC)c(OC)c(OC)c2)cc1O. The van der Waals surface area contributed by atoms with Crippen LogP contribution in [0, 0.1) is 5.82 Å². The molecule has 0 atom stereocenters. The summed E-state index contributed by atoms with van der Waals surface area (Å²) >= 11 is 0. The van der Waals surface area contributed by atoms with E-state index in [0.717, 1.165) is 6.07 Å². The molecule has 0 aliphatic carbocycles. The predicted octanol–water partition coefficient (Wildman–Crippen LogP) is 4.55. The van der Waals surface area contributed by atoms with Gasteiger partial charge in [-0.15, -0.1) is 0 Å². The van der Waals surface area contributed by atoms with E-state index in [0.29, 0.717) is 28.4 Å². The number of sulfonamides is 1. The maximum Gasteiger partial charge on any atom is 0.262 e. The zero-order valence-electron chi connectivity index (χ0n) is 20.3. The Morgan fingerprint density at radius 2 is 1.39 bits per heavy atom. The van der Waals surface area contributed by atoms with Crippen LogP contribution in [0.15, 0.2) is 47.4 Å². The Morgan fingerprint density at radius 3 is 1.92 bits per heavy atom. The number of anilines is 1. The number of nitrogens with one attached hydrogen (secondary N) is 1. The summed E-state index contributed by atoms with van der Waals surface area (Å²) in [5.41, 5.74) is 1.04. The Morgan fingerprint density at radius 1 is 0.778 bits per heavy atom. The number of ether oxygens (including phenoxy) is 5. The molecule has 0 aromatic heterocycles. The third-order valence-electron chi connectivity index (χ3n) is 5.17. The van der Waals surface area contributed by atoms with Crippen molar-refractivity contribution in [1.82, 2.24) is 0 Å². The van der Waals surface area contributed by atoms with Crippen molar-refractivity contribution in [1.29, 1.82) is 0 Å². The fraction of sp³-hybridized carbons (Fsp3) is 0.200. The number of aromatic hydroxyl groups is 1.